The van der Waals surface area contributed by atoms with E-state index in [4.69, 9.17) is 26.8 Å². The Morgan fingerprint density at radius 1 is 1.26 bits per heavy atom. The lowest BCUT2D eigenvalue weighted by Crippen LogP contribution is -2.40. The first kappa shape index (κ1) is 21.7. The number of benzene rings is 1. The average molecular weight is 464 g/mol. The number of nitrogens with one attached hydrogen (secondary N) is 1. The number of nitrogens with zero attached hydrogens (tertiary/aromatic N) is 3. The molecule has 3 heterocycles. The van der Waals surface area contributed by atoms with Gasteiger partial charge in [0, 0.05) is 6.42 Å². The van der Waals surface area contributed by atoms with Gasteiger partial charge in [0.15, 0.2) is 17.9 Å². The second kappa shape index (κ2) is 8.52. The summed E-state index contributed by atoms with van der Waals surface area (Å²) < 4.78 is 66.4. The van der Waals surface area contributed by atoms with Crippen LogP contribution in [0.2, 0.25) is 5.28 Å². The van der Waals surface area contributed by atoms with Crippen molar-refractivity contribution in [2.24, 2.45) is 0 Å². The van der Waals surface area contributed by atoms with E-state index in [-0.39, 0.29) is 43.2 Å². The summed E-state index contributed by atoms with van der Waals surface area (Å²) in [7, 11) is 0. The molecule has 3 N–H and O–H groups in total. The van der Waals surface area contributed by atoms with Crippen molar-refractivity contribution in [3.8, 4) is 5.75 Å². The molecule has 1 aromatic heterocycles. The molecule has 0 bridgehead atoms. The molecule has 31 heavy (non-hydrogen) atoms. The Hall–Kier alpha value is -2.57. The van der Waals surface area contributed by atoms with Crippen LogP contribution in [0.3, 0.4) is 0 Å². The molecule has 1 aromatic carbocycles. The molecular formula is C18H18ClF4N5O3. The first-order chi connectivity index (χ1) is 14.7. The predicted molar refractivity (Wildman–Crippen MR) is 103 cm³/mol. The summed E-state index contributed by atoms with van der Waals surface area (Å²) in [5.74, 6) is 0.216. The molecule has 3 unspecified atom stereocenters. The molecule has 1 fully saturated rings. The third-order valence-corrected chi connectivity index (χ3v) is 4.92. The van der Waals surface area contributed by atoms with Crippen molar-refractivity contribution < 1.29 is 31.8 Å². The van der Waals surface area contributed by atoms with E-state index >= 15 is 0 Å². The quantitative estimate of drug-likeness (QED) is 0.497. The zero-order chi connectivity index (χ0) is 22.2. The maximum Gasteiger partial charge on any atom is 0.573 e. The lowest BCUT2D eigenvalue weighted by atomic mass is 10.2. The number of anilines is 3. The van der Waals surface area contributed by atoms with E-state index in [9.17, 15) is 17.6 Å². The van der Waals surface area contributed by atoms with E-state index in [0.717, 1.165) is 0 Å². The molecule has 13 heteroatoms. The second-order valence-corrected chi connectivity index (χ2v) is 7.33. The van der Waals surface area contributed by atoms with Crippen molar-refractivity contribution in [3.63, 3.8) is 0 Å². The number of ether oxygens (including phenoxy) is 3. The Kier molecular flexibility index (Phi) is 5.95. The van der Waals surface area contributed by atoms with Crippen molar-refractivity contribution in [1.82, 2.24) is 9.97 Å². The van der Waals surface area contributed by atoms with Crippen molar-refractivity contribution in [1.29, 1.82) is 0 Å². The van der Waals surface area contributed by atoms with Crippen LogP contribution in [0.15, 0.2) is 24.3 Å². The summed E-state index contributed by atoms with van der Waals surface area (Å²) >= 11 is 5.86. The number of rotatable bonds is 6. The van der Waals surface area contributed by atoms with Gasteiger partial charge in [-0.3, -0.25) is 0 Å². The highest BCUT2D eigenvalue weighted by Crippen LogP contribution is 2.39. The zero-order valence-electron chi connectivity index (χ0n) is 15.9. The Morgan fingerprint density at radius 2 is 2.00 bits per heavy atom. The summed E-state index contributed by atoms with van der Waals surface area (Å²) in [4.78, 5) is 9.55. The average Bonchev–Trinajstić information content (AvgIpc) is 3.25. The van der Waals surface area contributed by atoms with Gasteiger partial charge < -0.3 is 30.2 Å². The number of fused-ring (bicyclic) bond motifs is 1. The third kappa shape index (κ3) is 5.02. The maximum absolute atomic E-state index is 14.7. The molecule has 2 aliphatic rings. The Morgan fingerprint density at radius 3 is 2.71 bits per heavy atom. The minimum Gasteiger partial charge on any atom is -0.406 e. The second-order valence-electron chi connectivity index (χ2n) is 6.99. The van der Waals surface area contributed by atoms with E-state index in [1.165, 1.54) is 24.3 Å². The minimum atomic E-state index is -4.74. The normalized spacial score (nSPS) is 23.0. The van der Waals surface area contributed by atoms with Crippen LogP contribution in [0.25, 0.3) is 0 Å². The molecule has 0 amide bonds. The molecule has 2 aliphatic heterocycles. The molecular weight excluding hydrogens is 446 g/mol. The molecule has 8 nitrogen and oxygen atoms in total. The van der Waals surface area contributed by atoms with Crippen molar-refractivity contribution >= 4 is 28.9 Å². The van der Waals surface area contributed by atoms with Gasteiger partial charge in [-0.15, -0.1) is 13.2 Å². The van der Waals surface area contributed by atoms with Crippen LogP contribution in [0.5, 0.6) is 5.75 Å². The maximum atomic E-state index is 14.7. The van der Waals surface area contributed by atoms with Crippen LogP contribution in [-0.4, -0.2) is 48.1 Å². The number of halogens is 5. The van der Waals surface area contributed by atoms with Crippen LogP contribution < -0.4 is 20.7 Å². The van der Waals surface area contributed by atoms with Crippen LogP contribution in [0.1, 0.15) is 12.0 Å². The van der Waals surface area contributed by atoms with Crippen molar-refractivity contribution in [2.45, 2.75) is 37.9 Å². The van der Waals surface area contributed by atoms with Gasteiger partial charge in [0.05, 0.1) is 26.0 Å². The summed E-state index contributed by atoms with van der Waals surface area (Å²) in [6.07, 6.45) is -7.33. The lowest BCUT2D eigenvalue weighted by molar-refractivity contribution is -0.274. The molecule has 1 saturated heterocycles. The summed E-state index contributed by atoms with van der Waals surface area (Å²) in [6, 6.07) is 5.31. The van der Waals surface area contributed by atoms with Crippen LogP contribution >= 0.6 is 11.6 Å². The number of nitrogen functional groups attached to an aromatic ring is 1. The van der Waals surface area contributed by atoms with Crippen molar-refractivity contribution in [2.75, 3.05) is 29.2 Å². The van der Waals surface area contributed by atoms with Gasteiger partial charge in [0.25, 0.3) is 0 Å². The monoisotopic (exact) mass is 463 g/mol. The topological polar surface area (TPSA) is 94.8 Å². The number of hydrogen-bond donors (Lipinski definition) is 2. The fourth-order valence-electron chi connectivity index (χ4n) is 3.44. The summed E-state index contributed by atoms with van der Waals surface area (Å²) in [6.45, 7) is 0.472. The molecule has 3 atom stereocenters. The highest BCUT2D eigenvalue weighted by molar-refractivity contribution is 6.28. The molecule has 0 saturated carbocycles. The van der Waals surface area contributed by atoms with E-state index in [0.29, 0.717) is 17.1 Å². The standard InChI is InChI=1S/C18H18ClF4N5O3/c19-17-26-14(24)13-15(27-17)28(8-25-13)16-12(20)5-11(30-16)7-29-6-9-1-3-10(4-2-9)31-18(21,22)23/h1-4,11-12,16,25H,5-8H2,(H2,24,26,27). The first-order valence-electron chi connectivity index (χ1n) is 9.25. The lowest BCUT2D eigenvalue weighted by Gasteiger charge is -2.26. The largest absolute Gasteiger partial charge is 0.573 e. The van der Waals surface area contributed by atoms with Crippen LogP contribution in [-0.2, 0) is 16.1 Å². The third-order valence-electron chi connectivity index (χ3n) is 4.75. The number of alkyl halides is 4. The van der Waals surface area contributed by atoms with E-state index in [1.54, 1.807) is 4.90 Å². The van der Waals surface area contributed by atoms with Gasteiger partial charge >= 0.3 is 6.36 Å². The molecule has 2 aromatic rings. The molecule has 0 spiro atoms. The van der Waals surface area contributed by atoms with Crippen LogP contribution in [0, 0.1) is 0 Å². The van der Waals surface area contributed by atoms with Gasteiger partial charge in [-0.1, -0.05) is 12.1 Å². The van der Waals surface area contributed by atoms with Crippen LogP contribution in [0.4, 0.5) is 34.9 Å². The SMILES string of the molecule is Nc1nc(Cl)nc2c1NCN2C1OC(COCc2ccc(OC(F)(F)F)cc2)CC1F. The van der Waals surface area contributed by atoms with E-state index in [2.05, 4.69) is 20.0 Å². The van der Waals surface area contributed by atoms with Gasteiger partial charge in [-0.05, 0) is 29.3 Å². The zero-order valence-corrected chi connectivity index (χ0v) is 16.7. The predicted octanol–water partition coefficient (Wildman–Crippen LogP) is 3.47. The number of aromatic nitrogens is 2. The van der Waals surface area contributed by atoms with Gasteiger partial charge in [-0.2, -0.15) is 9.97 Å². The van der Waals surface area contributed by atoms with E-state index in [1.807, 2.05) is 0 Å². The highest BCUT2D eigenvalue weighted by atomic mass is 35.5. The van der Waals surface area contributed by atoms with Gasteiger partial charge in [-0.25, -0.2) is 4.39 Å². The smallest absolute Gasteiger partial charge is 0.406 e. The summed E-state index contributed by atoms with van der Waals surface area (Å²) in [5, 5.41) is 2.95. The molecule has 168 valence electrons. The van der Waals surface area contributed by atoms with Crippen molar-refractivity contribution in [3.05, 3.63) is 35.1 Å². The first-order valence-corrected chi connectivity index (χ1v) is 9.63. The van der Waals surface area contributed by atoms with E-state index < -0.39 is 24.9 Å². The molecule has 0 aliphatic carbocycles. The Labute approximate surface area is 179 Å². The minimum absolute atomic E-state index is 0.0510. The molecule has 0 radical (unpaired) electrons. The highest BCUT2D eigenvalue weighted by Gasteiger charge is 2.42. The number of hydrogen-bond acceptors (Lipinski definition) is 8. The van der Waals surface area contributed by atoms with Gasteiger partial charge in [0.1, 0.15) is 17.6 Å². The number of nitrogens with two attached hydrogens (primary N) is 1. The summed E-state index contributed by atoms with van der Waals surface area (Å²) in [5.41, 5.74) is 6.92. The molecule has 4 rings (SSSR count). The van der Waals surface area contributed by atoms with Gasteiger partial charge in [0.2, 0.25) is 5.28 Å². The Bertz CT molecular complexity index is 934. The fraction of sp³-hybridized carbons (Fsp3) is 0.444. The Balaban J connectivity index is 1.30. The fourth-order valence-corrected chi connectivity index (χ4v) is 3.61.